The molecule has 0 amide bonds. The molecule has 2 spiro atoms. The van der Waals surface area contributed by atoms with Gasteiger partial charge in [0.15, 0.2) is 17.6 Å². The van der Waals surface area contributed by atoms with Gasteiger partial charge in [-0.15, -0.1) is 0 Å². The number of ether oxygens (including phenoxy) is 3. The number of piperidine rings is 1. The van der Waals surface area contributed by atoms with E-state index in [9.17, 15) is 10.2 Å². The minimum atomic E-state index is -0.963. The number of aliphatic hydroxyl groups is 1. The van der Waals surface area contributed by atoms with Gasteiger partial charge in [0, 0.05) is 24.6 Å². The van der Waals surface area contributed by atoms with E-state index in [0.717, 1.165) is 36.6 Å². The Balaban J connectivity index is 1.53. The molecule has 1 aromatic rings. The van der Waals surface area contributed by atoms with Crippen LogP contribution in [-0.2, 0) is 14.9 Å². The van der Waals surface area contributed by atoms with Crippen LogP contribution in [0.1, 0.15) is 50.2 Å². The Morgan fingerprint density at radius 2 is 1.90 bits per heavy atom. The quantitative estimate of drug-likeness (QED) is 0.793. The second-order valence-corrected chi connectivity index (χ2v) is 9.87. The summed E-state index contributed by atoms with van der Waals surface area (Å²) in [6.45, 7) is 7.28. The van der Waals surface area contributed by atoms with Gasteiger partial charge in [-0.3, -0.25) is 4.90 Å². The lowest BCUT2D eigenvalue weighted by Crippen LogP contribution is -2.77. The Morgan fingerprint density at radius 3 is 2.62 bits per heavy atom. The predicted octanol–water partition coefficient (Wildman–Crippen LogP) is 2.47. The van der Waals surface area contributed by atoms with Gasteiger partial charge < -0.3 is 24.4 Å². The molecular formula is C23H31NO5. The fraction of sp³-hybridized carbons (Fsp3) is 0.739. The van der Waals surface area contributed by atoms with Crippen molar-refractivity contribution in [2.75, 3.05) is 26.3 Å². The average Bonchev–Trinajstić information content (AvgIpc) is 3.26. The summed E-state index contributed by atoms with van der Waals surface area (Å²) in [4.78, 5) is 2.48. The molecule has 3 aliphatic heterocycles. The summed E-state index contributed by atoms with van der Waals surface area (Å²) in [5, 5.41) is 23.1. The number of aryl methyl sites for hydroxylation is 1. The highest BCUT2D eigenvalue weighted by Crippen LogP contribution is 2.65. The lowest BCUT2D eigenvalue weighted by molar-refractivity contribution is -0.293. The van der Waals surface area contributed by atoms with Gasteiger partial charge in [-0.25, -0.2) is 0 Å². The molecule has 2 aliphatic carbocycles. The number of likely N-dealkylation sites (tertiary alicyclic amines) is 1. The van der Waals surface area contributed by atoms with Crippen molar-refractivity contribution in [3.8, 4) is 11.5 Å². The minimum absolute atomic E-state index is 0.00871. The van der Waals surface area contributed by atoms with Crippen LogP contribution in [0.15, 0.2) is 12.1 Å². The molecule has 2 N–H and O–H groups in total. The monoisotopic (exact) mass is 401 g/mol. The molecule has 4 atom stereocenters. The Morgan fingerprint density at radius 1 is 1.14 bits per heavy atom. The fourth-order valence-electron chi connectivity index (χ4n) is 6.84. The van der Waals surface area contributed by atoms with Gasteiger partial charge in [-0.1, -0.05) is 6.07 Å². The molecule has 1 aromatic carbocycles. The average molecular weight is 402 g/mol. The highest BCUT2D eigenvalue weighted by atomic mass is 16.8. The van der Waals surface area contributed by atoms with Crippen molar-refractivity contribution in [2.45, 2.75) is 74.9 Å². The third-order valence-corrected chi connectivity index (χ3v) is 8.50. The molecule has 3 heterocycles. The fourth-order valence-corrected chi connectivity index (χ4v) is 6.84. The summed E-state index contributed by atoms with van der Waals surface area (Å²) in [6.07, 6.45) is 4.13. The summed E-state index contributed by atoms with van der Waals surface area (Å²) in [5.74, 6) is 0.581. The Bertz CT molecular complexity index is 848. The van der Waals surface area contributed by atoms with Crippen LogP contribution < -0.4 is 4.74 Å². The van der Waals surface area contributed by atoms with E-state index < -0.39 is 22.9 Å². The summed E-state index contributed by atoms with van der Waals surface area (Å²) in [7, 11) is 0. The van der Waals surface area contributed by atoms with E-state index in [0.29, 0.717) is 31.8 Å². The largest absolute Gasteiger partial charge is 0.504 e. The first-order valence-electron chi connectivity index (χ1n) is 11.2. The van der Waals surface area contributed by atoms with Crippen molar-refractivity contribution in [3.05, 3.63) is 23.3 Å². The van der Waals surface area contributed by atoms with Crippen LogP contribution in [0.5, 0.6) is 11.5 Å². The van der Waals surface area contributed by atoms with Gasteiger partial charge in [-0.05, 0) is 63.6 Å². The van der Waals surface area contributed by atoms with Crippen LogP contribution in [0.25, 0.3) is 0 Å². The first-order chi connectivity index (χ1) is 13.9. The molecule has 4 fully saturated rings. The van der Waals surface area contributed by atoms with E-state index in [1.807, 2.05) is 6.07 Å². The van der Waals surface area contributed by atoms with Crippen molar-refractivity contribution in [3.63, 3.8) is 0 Å². The summed E-state index contributed by atoms with van der Waals surface area (Å²) < 4.78 is 18.8. The van der Waals surface area contributed by atoms with E-state index in [-0.39, 0.29) is 11.8 Å². The molecule has 2 unspecified atom stereocenters. The summed E-state index contributed by atoms with van der Waals surface area (Å²) >= 11 is 0. The van der Waals surface area contributed by atoms with E-state index in [4.69, 9.17) is 14.2 Å². The number of aromatic hydroxyl groups is 1. The molecule has 6 nitrogen and oxygen atoms in total. The maximum absolute atomic E-state index is 12.4. The Hall–Kier alpha value is -1.34. The SMILES string of the molecule is Cc1ccc(O)c2c1[C@]13CCN(CC4CC4)[C@H](C)C1(O)CCC1(OCCO1)C3O2. The topological polar surface area (TPSA) is 71.4 Å². The minimum Gasteiger partial charge on any atom is -0.504 e. The van der Waals surface area contributed by atoms with Crippen LogP contribution in [0.2, 0.25) is 0 Å². The first-order valence-corrected chi connectivity index (χ1v) is 11.2. The number of rotatable bonds is 2. The number of phenols is 1. The molecular weight excluding hydrogens is 370 g/mol. The van der Waals surface area contributed by atoms with Gasteiger partial charge in [0.25, 0.3) is 0 Å². The van der Waals surface area contributed by atoms with Crippen molar-refractivity contribution in [2.24, 2.45) is 5.92 Å². The van der Waals surface area contributed by atoms with Gasteiger partial charge >= 0.3 is 0 Å². The number of hydrogen-bond acceptors (Lipinski definition) is 6. The molecule has 2 saturated heterocycles. The smallest absolute Gasteiger partial charge is 0.207 e. The lowest BCUT2D eigenvalue weighted by Gasteiger charge is -2.62. The van der Waals surface area contributed by atoms with Gasteiger partial charge in [0.05, 0.1) is 24.2 Å². The van der Waals surface area contributed by atoms with E-state index >= 15 is 0 Å². The van der Waals surface area contributed by atoms with Crippen molar-refractivity contribution >= 4 is 0 Å². The van der Waals surface area contributed by atoms with Gasteiger partial charge in [-0.2, -0.15) is 0 Å². The molecule has 0 bridgehead atoms. The van der Waals surface area contributed by atoms with E-state index in [2.05, 4.69) is 18.7 Å². The molecule has 0 aromatic heterocycles. The van der Waals surface area contributed by atoms with Gasteiger partial charge in [0.2, 0.25) is 5.79 Å². The zero-order valence-corrected chi connectivity index (χ0v) is 17.3. The standard InChI is InChI=1S/C23H31NO5/c1-14-3-6-17(25)19-18(14)21-9-10-24(13-16-4-5-16)15(2)22(21,26)7-8-23(20(21)29-19)27-11-12-28-23/h3,6,15-16,20,25-26H,4-5,7-13H2,1-2H3/t15-,20?,21+,22?/m1/s1. The third-order valence-electron chi connectivity index (χ3n) is 8.50. The van der Waals surface area contributed by atoms with E-state index in [1.54, 1.807) is 6.07 Å². The predicted molar refractivity (Wildman–Crippen MR) is 106 cm³/mol. The summed E-state index contributed by atoms with van der Waals surface area (Å²) in [5.41, 5.74) is 0.403. The van der Waals surface area contributed by atoms with Crippen molar-refractivity contribution in [1.29, 1.82) is 0 Å². The zero-order valence-electron chi connectivity index (χ0n) is 17.3. The third kappa shape index (κ3) is 2.21. The van der Waals surface area contributed by atoms with Crippen LogP contribution >= 0.6 is 0 Å². The maximum atomic E-state index is 12.4. The van der Waals surface area contributed by atoms with Crippen LogP contribution in [0.3, 0.4) is 0 Å². The Labute approximate surface area is 171 Å². The first kappa shape index (κ1) is 18.4. The molecule has 158 valence electrons. The highest BCUT2D eigenvalue weighted by molar-refractivity contribution is 5.60. The van der Waals surface area contributed by atoms with Crippen molar-refractivity contribution in [1.82, 2.24) is 4.90 Å². The number of hydrogen-bond donors (Lipinski definition) is 2. The maximum Gasteiger partial charge on any atom is 0.207 e. The molecule has 6 heteroatoms. The molecule has 2 saturated carbocycles. The lowest BCUT2D eigenvalue weighted by atomic mass is 9.51. The van der Waals surface area contributed by atoms with Crippen molar-refractivity contribution < 1.29 is 24.4 Å². The highest BCUT2D eigenvalue weighted by Gasteiger charge is 2.75. The molecule has 5 aliphatic rings. The molecule has 0 radical (unpaired) electrons. The summed E-state index contributed by atoms with van der Waals surface area (Å²) in [6, 6.07) is 3.64. The number of fused-ring (bicyclic) bond motifs is 2. The van der Waals surface area contributed by atoms with Crippen LogP contribution in [-0.4, -0.2) is 65.0 Å². The number of phenolic OH excluding ortho intramolecular Hbond substituents is 1. The number of nitrogens with zero attached hydrogens (tertiary/aromatic N) is 1. The Kier molecular flexibility index (Phi) is 3.73. The van der Waals surface area contributed by atoms with Gasteiger partial charge in [0.1, 0.15) is 0 Å². The molecule has 6 rings (SSSR count). The van der Waals surface area contributed by atoms with Crippen LogP contribution in [0, 0.1) is 12.8 Å². The zero-order chi connectivity index (χ0) is 20.0. The second kappa shape index (κ2) is 5.88. The second-order valence-electron chi connectivity index (χ2n) is 9.87. The normalized spacial score (nSPS) is 40.4. The number of benzene rings is 1. The molecule has 29 heavy (non-hydrogen) atoms. The van der Waals surface area contributed by atoms with E-state index in [1.165, 1.54) is 12.8 Å². The van der Waals surface area contributed by atoms with Crippen LogP contribution in [0.4, 0.5) is 0 Å².